The average molecular weight is 607 g/mol. The number of fused-ring (bicyclic) bond motifs is 3. The largest absolute Gasteiger partial charge is 0.407 e. The summed E-state index contributed by atoms with van der Waals surface area (Å²) in [5.74, 6) is 0.0633. The minimum atomic E-state index is -0.343. The Morgan fingerprint density at radius 2 is 1.75 bits per heavy atom. The number of hydrazone groups is 1. The molecule has 3 aliphatic rings. The van der Waals surface area contributed by atoms with Crippen molar-refractivity contribution in [2.75, 3.05) is 9.91 Å². The van der Waals surface area contributed by atoms with Crippen LogP contribution in [0.3, 0.4) is 0 Å². The Morgan fingerprint density at radius 3 is 2.50 bits per heavy atom. The fraction of sp³-hybridized carbons (Fsp3) is 0.179. The molecule has 0 spiro atoms. The summed E-state index contributed by atoms with van der Waals surface area (Å²) in [5, 5.41) is 5.53. The molecule has 0 N–H and O–H groups in total. The number of hydrogen-bond donors (Lipinski definition) is 0. The fourth-order valence-electron chi connectivity index (χ4n) is 5.53. The van der Waals surface area contributed by atoms with Crippen LogP contribution in [0.25, 0.3) is 6.08 Å². The Labute approximate surface area is 225 Å². The number of amides is 1. The third kappa shape index (κ3) is 3.89. The molecule has 6 rings (SSSR count). The van der Waals surface area contributed by atoms with Crippen LogP contribution in [0.2, 0.25) is 0 Å². The van der Waals surface area contributed by atoms with Gasteiger partial charge in [-0.05, 0) is 94.5 Å². The molecule has 180 valence electrons. The highest BCUT2D eigenvalue weighted by atomic mass is 79.9. The van der Waals surface area contributed by atoms with Gasteiger partial charge in [-0.25, -0.2) is 0 Å². The van der Waals surface area contributed by atoms with Crippen molar-refractivity contribution in [2.24, 2.45) is 5.10 Å². The zero-order chi connectivity index (χ0) is 24.8. The Morgan fingerprint density at radius 1 is 0.972 bits per heavy atom. The molecule has 2 heterocycles. The van der Waals surface area contributed by atoms with E-state index in [-0.39, 0.29) is 17.4 Å². The molecule has 1 amide bonds. The number of halogens is 2. The third-order valence-corrected chi connectivity index (χ3v) is 8.12. The number of anilines is 3. The van der Waals surface area contributed by atoms with Gasteiger partial charge in [-0.3, -0.25) is 9.59 Å². The van der Waals surface area contributed by atoms with Crippen molar-refractivity contribution >= 4 is 73.3 Å². The minimum Gasteiger partial charge on any atom is -0.407 e. The molecule has 1 fully saturated rings. The number of carbonyl (C=O) groups is 2. The smallest absolute Gasteiger partial charge is 0.299 e. The molecule has 6 nitrogen and oxygen atoms in total. The Bertz CT molecular complexity index is 1420. The zero-order valence-electron chi connectivity index (χ0n) is 19.1. The number of nitrogens with zero attached hydrogens (tertiary/aromatic N) is 3. The molecule has 0 radical (unpaired) electrons. The highest BCUT2D eigenvalue weighted by Crippen LogP contribution is 2.55. The number of rotatable bonds is 4. The lowest BCUT2D eigenvalue weighted by molar-refractivity contribution is -0.121. The molecule has 2 atom stereocenters. The number of hydrogen-bond acceptors (Lipinski definition) is 5. The second-order valence-corrected chi connectivity index (χ2v) is 10.8. The number of ether oxygens (including phenoxy) is 1. The van der Waals surface area contributed by atoms with Crippen molar-refractivity contribution in [3.8, 4) is 0 Å². The second-order valence-electron chi connectivity index (χ2n) is 9.02. The highest BCUT2D eigenvalue weighted by Gasteiger charge is 2.43. The maximum absolute atomic E-state index is 13.3. The summed E-state index contributed by atoms with van der Waals surface area (Å²) in [5.41, 5.74) is 5.30. The standard InChI is InChI=1S/C28H21Br2N3O3/c29-18-9-11-19(12-10-18)32-25-8-4-7-21(25)22-13-17(15-24(30)26(22)32)14-23-27(36-16-34)31-33(28(23)35)20-5-2-1-3-6-20/h1-3,5-6,9-16,21,25H,4,7-8H2/t21-,25-/m0/s1. The quantitative estimate of drug-likeness (QED) is 0.239. The van der Waals surface area contributed by atoms with Crippen LogP contribution in [0, 0.1) is 0 Å². The Hall–Kier alpha value is -3.23. The van der Waals surface area contributed by atoms with Gasteiger partial charge < -0.3 is 9.64 Å². The van der Waals surface area contributed by atoms with E-state index in [1.165, 1.54) is 28.4 Å². The van der Waals surface area contributed by atoms with Gasteiger partial charge in [-0.1, -0.05) is 40.5 Å². The summed E-state index contributed by atoms with van der Waals surface area (Å²) in [6.45, 7) is 0.298. The molecule has 0 aromatic heterocycles. The predicted molar refractivity (Wildman–Crippen MR) is 147 cm³/mol. The molecule has 0 bridgehead atoms. The molecule has 1 saturated carbocycles. The van der Waals surface area contributed by atoms with Gasteiger partial charge >= 0.3 is 0 Å². The first-order chi connectivity index (χ1) is 17.5. The van der Waals surface area contributed by atoms with E-state index in [0.717, 1.165) is 27.4 Å². The lowest BCUT2D eigenvalue weighted by atomic mass is 9.95. The molecule has 1 aliphatic carbocycles. The maximum atomic E-state index is 13.3. The van der Waals surface area contributed by atoms with E-state index >= 15 is 0 Å². The molecule has 0 unspecified atom stereocenters. The number of para-hydroxylation sites is 1. The van der Waals surface area contributed by atoms with Gasteiger partial charge in [-0.2, -0.15) is 5.01 Å². The summed E-state index contributed by atoms with van der Waals surface area (Å²) in [6, 6.07) is 22.1. The molecular formula is C28H21Br2N3O3. The van der Waals surface area contributed by atoms with Crippen molar-refractivity contribution in [3.63, 3.8) is 0 Å². The summed E-state index contributed by atoms with van der Waals surface area (Å²) in [4.78, 5) is 26.9. The number of benzene rings is 3. The Kier molecular flexibility index (Phi) is 6.01. The number of carbonyl (C=O) groups excluding carboxylic acids is 2. The molecule has 3 aromatic rings. The first-order valence-electron chi connectivity index (χ1n) is 11.7. The van der Waals surface area contributed by atoms with E-state index in [9.17, 15) is 9.59 Å². The van der Waals surface area contributed by atoms with E-state index in [4.69, 9.17) is 4.74 Å². The van der Waals surface area contributed by atoms with E-state index in [1.807, 2.05) is 24.3 Å². The van der Waals surface area contributed by atoms with E-state index in [1.54, 1.807) is 18.2 Å². The van der Waals surface area contributed by atoms with Gasteiger partial charge in [0.25, 0.3) is 18.3 Å². The molecule has 36 heavy (non-hydrogen) atoms. The molecule has 0 saturated heterocycles. The van der Waals surface area contributed by atoms with Gasteiger partial charge in [0.1, 0.15) is 5.57 Å². The molecule has 3 aromatic carbocycles. The van der Waals surface area contributed by atoms with Crippen molar-refractivity contribution in [2.45, 2.75) is 31.2 Å². The molecule has 2 aliphatic heterocycles. The van der Waals surface area contributed by atoms with Crippen LogP contribution in [0.4, 0.5) is 17.1 Å². The van der Waals surface area contributed by atoms with E-state index < -0.39 is 0 Å². The second kappa shape index (κ2) is 9.33. The Balaban J connectivity index is 1.41. The van der Waals surface area contributed by atoms with Crippen molar-refractivity contribution in [1.29, 1.82) is 0 Å². The van der Waals surface area contributed by atoms with Crippen LogP contribution in [-0.2, 0) is 14.3 Å². The SMILES string of the molecule is O=COC1=NN(c2ccccc2)C(=O)C1=Cc1cc(Br)c2c(c1)[C@@H]1CCC[C@@H]1N2c1ccc(Br)cc1. The molecular weight excluding hydrogens is 586 g/mol. The summed E-state index contributed by atoms with van der Waals surface area (Å²) in [7, 11) is 0. The predicted octanol–water partition coefficient (Wildman–Crippen LogP) is 6.92. The minimum absolute atomic E-state index is 0.00861. The van der Waals surface area contributed by atoms with E-state index in [0.29, 0.717) is 24.1 Å². The summed E-state index contributed by atoms with van der Waals surface area (Å²) in [6.07, 6.45) is 5.19. The first kappa shape index (κ1) is 23.2. The topological polar surface area (TPSA) is 62.2 Å². The van der Waals surface area contributed by atoms with Crippen LogP contribution in [0.1, 0.15) is 36.3 Å². The van der Waals surface area contributed by atoms with Crippen LogP contribution >= 0.6 is 31.9 Å². The van der Waals surface area contributed by atoms with Crippen LogP contribution in [0.15, 0.2) is 86.3 Å². The monoisotopic (exact) mass is 605 g/mol. The van der Waals surface area contributed by atoms with Crippen molar-refractivity contribution < 1.29 is 14.3 Å². The summed E-state index contributed by atoms with van der Waals surface area (Å²) >= 11 is 7.37. The van der Waals surface area contributed by atoms with Gasteiger partial charge in [0.2, 0.25) is 0 Å². The summed E-state index contributed by atoms with van der Waals surface area (Å²) < 4.78 is 7.12. The lowest BCUT2D eigenvalue weighted by Crippen LogP contribution is -2.26. The maximum Gasteiger partial charge on any atom is 0.299 e. The van der Waals surface area contributed by atoms with Crippen LogP contribution in [0.5, 0.6) is 0 Å². The van der Waals surface area contributed by atoms with Crippen LogP contribution in [-0.4, -0.2) is 24.3 Å². The van der Waals surface area contributed by atoms with E-state index in [2.05, 4.69) is 72.2 Å². The lowest BCUT2D eigenvalue weighted by Gasteiger charge is -2.28. The van der Waals surface area contributed by atoms with Crippen molar-refractivity contribution in [3.05, 3.63) is 92.4 Å². The van der Waals surface area contributed by atoms with Gasteiger partial charge in [0.05, 0.1) is 11.4 Å². The average Bonchev–Trinajstić information content (AvgIpc) is 3.56. The van der Waals surface area contributed by atoms with Gasteiger partial charge in [-0.15, -0.1) is 5.10 Å². The third-order valence-electron chi connectivity index (χ3n) is 6.99. The highest BCUT2D eigenvalue weighted by molar-refractivity contribution is 9.10. The van der Waals surface area contributed by atoms with Gasteiger partial charge in [0, 0.05) is 26.6 Å². The van der Waals surface area contributed by atoms with Crippen LogP contribution < -0.4 is 9.91 Å². The zero-order valence-corrected chi connectivity index (χ0v) is 22.3. The fourth-order valence-corrected chi connectivity index (χ4v) is 6.47. The van der Waals surface area contributed by atoms with Crippen molar-refractivity contribution in [1.82, 2.24) is 0 Å². The first-order valence-corrected chi connectivity index (χ1v) is 13.3. The normalized spacial score (nSPS) is 21.6. The molecule has 8 heteroatoms. The van der Waals surface area contributed by atoms with Gasteiger partial charge in [0.15, 0.2) is 0 Å².